The second kappa shape index (κ2) is 8.70. The minimum Gasteiger partial charge on any atom is -0.352 e. The number of fused-ring (bicyclic) bond motifs is 1. The molecule has 1 N–H and O–H groups in total. The molecule has 2 aromatic carbocycles. The van der Waals surface area contributed by atoms with Crippen LogP contribution < -0.4 is 5.32 Å². The zero-order valence-corrected chi connectivity index (χ0v) is 16.3. The molecular weight excluding hydrogens is 348 g/mol. The second-order valence-corrected chi connectivity index (χ2v) is 7.95. The van der Waals surface area contributed by atoms with Crippen LogP contribution in [0.15, 0.2) is 54.6 Å². The van der Waals surface area contributed by atoms with Crippen molar-refractivity contribution in [2.45, 2.75) is 38.1 Å². The van der Waals surface area contributed by atoms with Crippen molar-refractivity contribution in [3.63, 3.8) is 0 Å². The van der Waals surface area contributed by atoms with E-state index in [9.17, 15) is 9.59 Å². The standard InChI is InChI=1S/C24H28N2O2/c27-23(18-9-2-1-3-10-18)20-12-4-5-13-21(20)24(28)25-17-19-11-8-16-26-15-7-6-14-22(19)26/h1-5,9-10,12-13,19,22H,6-8,11,14-17H2,(H,25,28)/t19-,22+/m1/s1. The van der Waals surface area contributed by atoms with Gasteiger partial charge in [0.15, 0.2) is 5.78 Å². The number of carbonyl (C=O) groups excluding carboxylic acids is 2. The summed E-state index contributed by atoms with van der Waals surface area (Å²) in [6, 6.07) is 16.9. The normalized spacial score (nSPS) is 22.3. The Morgan fingerprint density at radius 2 is 1.57 bits per heavy atom. The van der Waals surface area contributed by atoms with Gasteiger partial charge in [0.25, 0.3) is 5.91 Å². The highest BCUT2D eigenvalue weighted by molar-refractivity contribution is 6.15. The van der Waals surface area contributed by atoms with E-state index in [0.29, 0.717) is 35.2 Å². The molecule has 2 aliphatic heterocycles. The summed E-state index contributed by atoms with van der Waals surface area (Å²) >= 11 is 0. The quantitative estimate of drug-likeness (QED) is 0.805. The Kier molecular flexibility index (Phi) is 5.87. The van der Waals surface area contributed by atoms with Gasteiger partial charge in [-0.05, 0) is 50.8 Å². The van der Waals surface area contributed by atoms with Gasteiger partial charge in [0.1, 0.15) is 0 Å². The molecule has 0 unspecified atom stereocenters. The number of hydrogen-bond acceptors (Lipinski definition) is 3. The molecule has 0 aromatic heterocycles. The van der Waals surface area contributed by atoms with E-state index in [4.69, 9.17) is 0 Å². The Balaban J connectivity index is 1.46. The highest BCUT2D eigenvalue weighted by Gasteiger charge is 2.33. The Hall–Kier alpha value is -2.46. The van der Waals surface area contributed by atoms with Crippen molar-refractivity contribution in [3.05, 3.63) is 71.3 Å². The predicted octanol–water partition coefficient (Wildman–Crippen LogP) is 3.91. The Labute approximate surface area is 166 Å². The fourth-order valence-electron chi connectivity index (χ4n) is 4.76. The van der Waals surface area contributed by atoms with Gasteiger partial charge in [0.05, 0.1) is 5.56 Å². The summed E-state index contributed by atoms with van der Waals surface area (Å²) in [6.45, 7) is 3.08. The van der Waals surface area contributed by atoms with Crippen LogP contribution in [0.3, 0.4) is 0 Å². The highest BCUT2D eigenvalue weighted by Crippen LogP contribution is 2.30. The number of ketones is 1. The maximum atomic E-state index is 12.9. The van der Waals surface area contributed by atoms with Crippen molar-refractivity contribution in [3.8, 4) is 0 Å². The number of nitrogens with zero attached hydrogens (tertiary/aromatic N) is 1. The molecule has 146 valence electrons. The number of carbonyl (C=O) groups is 2. The maximum Gasteiger partial charge on any atom is 0.252 e. The summed E-state index contributed by atoms with van der Waals surface area (Å²) in [6.07, 6.45) is 6.21. The van der Waals surface area contributed by atoms with Crippen LogP contribution in [0.5, 0.6) is 0 Å². The molecule has 4 heteroatoms. The molecule has 2 aromatic rings. The van der Waals surface area contributed by atoms with E-state index >= 15 is 0 Å². The highest BCUT2D eigenvalue weighted by atomic mass is 16.2. The first-order valence-electron chi connectivity index (χ1n) is 10.4. The van der Waals surface area contributed by atoms with Gasteiger partial charge < -0.3 is 10.2 Å². The van der Waals surface area contributed by atoms with Gasteiger partial charge in [0.2, 0.25) is 0 Å². The summed E-state index contributed by atoms with van der Waals surface area (Å²) in [5.74, 6) is 0.255. The Morgan fingerprint density at radius 3 is 2.39 bits per heavy atom. The summed E-state index contributed by atoms with van der Waals surface area (Å²) in [7, 11) is 0. The van der Waals surface area contributed by atoms with Crippen molar-refractivity contribution in [1.82, 2.24) is 10.2 Å². The molecule has 2 fully saturated rings. The minimum absolute atomic E-state index is 0.109. The molecule has 0 saturated carbocycles. The van der Waals surface area contributed by atoms with Crippen molar-refractivity contribution < 1.29 is 9.59 Å². The van der Waals surface area contributed by atoms with E-state index in [1.165, 1.54) is 45.2 Å². The Morgan fingerprint density at radius 1 is 0.857 bits per heavy atom. The lowest BCUT2D eigenvalue weighted by molar-refractivity contribution is 0.0575. The minimum atomic E-state index is -0.146. The van der Waals surface area contributed by atoms with E-state index in [0.717, 1.165) is 0 Å². The van der Waals surface area contributed by atoms with Crippen molar-refractivity contribution >= 4 is 11.7 Å². The van der Waals surface area contributed by atoms with E-state index in [2.05, 4.69) is 10.2 Å². The van der Waals surface area contributed by atoms with Crippen LogP contribution in [-0.2, 0) is 0 Å². The molecule has 0 aliphatic carbocycles. The molecule has 4 rings (SSSR count). The molecule has 2 heterocycles. The molecule has 2 atom stereocenters. The Bertz CT molecular complexity index is 832. The van der Waals surface area contributed by atoms with E-state index in [1.54, 1.807) is 24.3 Å². The molecular formula is C24H28N2O2. The third-order valence-electron chi connectivity index (χ3n) is 6.21. The fourth-order valence-corrected chi connectivity index (χ4v) is 4.76. The average Bonchev–Trinajstić information content (AvgIpc) is 2.77. The van der Waals surface area contributed by atoms with Crippen LogP contribution in [0.25, 0.3) is 0 Å². The molecule has 0 bridgehead atoms. The number of rotatable bonds is 5. The molecule has 2 aliphatic rings. The van der Waals surface area contributed by atoms with Crippen molar-refractivity contribution in [2.24, 2.45) is 5.92 Å². The summed E-state index contributed by atoms with van der Waals surface area (Å²) < 4.78 is 0. The first kappa shape index (κ1) is 18.9. The second-order valence-electron chi connectivity index (χ2n) is 7.95. The van der Waals surface area contributed by atoms with Crippen LogP contribution in [-0.4, -0.2) is 42.3 Å². The molecule has 28 heavy (non-hydrogen) atoms. The fraction of sp³-hybridized carbons (Fsp3) is 0.417. The monoisotopic (exact) mass is 376 g/mol. The summed E-state index contributed by atoms with van der Waals surface area (Å²) in [4.78, 5) is 28.4. The van der Waals surface area contributed by atoms with Gasteiger partial charge in [0, 0.05) is 23.7 Å². The predicted molar refractivity (Wildman–Crippen MR) is 111 cm³/mol. The van der Waals surface area contributed by atoms with Crippen molar-refractivity contribution in [1.29, 1.82) is 0 Å². The first-order chi connectivity index (χ1) is 13.7. The van der Waals surface area contributed by atoms with Crippen LogP contribution in [0.2, 0.25) is 0 Å². The number of piperidine rings is 2. The summed E-state index contributed by atoms with van der Waals surface area (Å²) in [5.41, 5.74) is 1.54. The zero-order valence-electron chi connectivity index (χ0n) is 16.3. The largest absolute Gasteiger partial charge is 0.352 e. The van der Waals surface area contributed by atoms with Crippen molar-refractivity contribution in [2.75, 3.05) is 19.6 Å². The number of amides is 1. The van der Waals surface area contributed by atoms with Crippen LogP contribution >= 0.6 is 0 Å². The van der Waals surface area contributed by atoms with E-state index in [-0.39, 0.29) is 11.7 Å². The third kappa shape index (κ3) is 4.02. The first-order valence-corrected chi connectivity index (χ1v) is 10.4. The molecule has 0 spiro atoms. The lowest BCUT2D eigenvalue weighted by Crippen LogP contribution is -2.51. The van der Waals surface area contributed by atoms with Gasteiger partial charge in [-0.25, -0.2) is 0 Å². The zero-order chi connectivity index (χ0) is 19.3. The van der Waals surface area contributed by atoms with Crippen LogP contribution in [0, 0.1) is 5.92 Å². The summed E-state index contributed by atoms with van der Waals surface area (Å²) in [5, 5.41) is 3.13. The number of hydrogen-bond donors (Lipinski definition) is 1. The van der Waals surface area contributed by atoms with Gasteiger partial charge in [-0.15, -0.1) is 0 Å². The lowest BCUT2D eigenvalue weighted by atomic mass is 9.83. The van der Waals surface area contributed by atoms with Gasteiger partial charge in [-0.1, -0.05) is 55.0 Å². The molecule has 0 radical (unpaired) electrons. The van der Waals surface area contributed by atoms with Crippen LogP contribution in [0.4, 0.5) is 0 Å². The molecule has 4 nitrogen and oxygen atoms in total. The smallest absolute Gasteiger partial charge is 0.252 e. The van der Waals surface area contributed by atoms with E-state index in [1.807, 2.05) is 30.3 Å². The number of nitrogens with one attached hydrogen (secondary N) is 1. The lowest BCUT2D eigenvalue weighted by Gasteiger charge is -2.44. The average molecular weight is 377 g/mol. The topological polar surface area (TPSA) is 49.4 Å². The van der Waals surface area contributed by atoms with Gasteiger partial charge in [-0.3, -0.25) is 9.59 Å². The third-order valence-corrected chi connectivity index (χ3v) is 6.21. The van der Waals surface area contributed by atoms with E-state index < -0.39 is 0 Å². The number of benzene rings is 2. The van der Waals surface area contributed by atoms with Gasteiger partial charge >= 0.3 is 0 Å². The van der Waals surface area contributed by atoms with Crippen LogP contribution in [0.1, 0.15) is 58.4 Å². The molecule has 1 amide bonds. The van der Waals surface area contributed by atoms with Gasteiger partial charge in [-0.2, -0.15) is 0 Å². The molecule has 2 saturated heterocycles. The maximum absolute atomic E-state index is 12.9. The SMILES string of the molecule is O=C(NC[C@H]1CCCN2CCCC[C@@H]12)c1ccccc1C(=O)c1ccccc1.